The van der Waals surface area contributed by atoms with Gasteiger partial charge in [0.2, 0.25) is 0 Å². The highest BCUT2D eigenvalue weighted by Gasteiger charge is 2.13. The highest BCUT2D eigenvalue weighted by atomic mass is 16.5. The van der Waals surface area contributed by atoms with Crippen molar-refractivity contribution in [1.82, 2.24) is 14.8 Å². The van der Waals surface area contributed by atoms with E-state index < -0.39 is 5.97 Å². The third kappa shape index (κ3) is 3.47. The summed E-state index contributed by atoms with van der Waals surface area (Å²) in [4.78, 5) is 16.6. The van der Waals surface area contributed by atoms with Gasteiger partial charge in [0.15, 0.2) is 0 Å². The van der Waals surface area contributed by atoms with Crippen LogP contribution in [-0.4, -0.2) is 34.5 Å². The molecule has 0 saturated heterocycles. The van der Waals surface area contributed by atoms with Crippen molar-refractivity contribution in [2.24, 2.45) is 7.05 Å². The third-order valence-electron chi connectivity index (χ3n) is 4.35. The Bertz CT molecular complexity index is 931. The number of pyridine rings is 1. The van der Waals surface area contributed by atoms with Crippen molar-refractivity contribution in [3.63, 3.8) is 0 Å². The fraction of sp³-hybridized carbons (Fsp3) is 0.316. The fourth-order valence-corrected chi connectivity index (χ4v) is 2.84. The van der Waals surface area contributed by atoms with Crippen LogP contribution in [0.5, 0.6) is 5.75 Å². The third-order valence-corrected chi connectivity index (χ3v) is 4.35. The van der Waals surface area contributed by atoms with Crippen molar-refractivity contribution in [2.45, 2.75) is 20.3 Å². The summed E-state index contributed by atoms with van der Waals surface area (Å²) < 4.78 is 12.4. The average molecular weight is 339 g/mol. The normalized spacial score (nSPS) is 10.9. The first-order valence-electron chi connectivity index (χ1n) is 8.10. The largest absolute Gasteiger partial charge is 0.497 e. The van der Waals surface area contributed by atoms with E-state index in [1.54, 1.807) is 13.2 Å². The zero-order chi connectivity index (χ0) is 18.0. The molecule has 3 aromatic rings. The molecule has 0 aliphatic heterocycles. The van der Waals surface area contributed by atoms with Crippen molar-refractivity contribution in [3.8, 4) is 5.75 Å². The van der Waals surface area contributed by atoms with Crippen LogP contribution in [0.2, 0.25) is 0 Å². The van der Waals surface area contributed by atoms with Gasteiger partial charge in [-0.05, 0) is 43.7 Å². The molecule has 0 aliphatic rings. The number of carbonyl (C=O) groups excluding carboxylic acids is 1. The summed E-state index contributed by atoms with van der Waals surface area (Å²) in [5.74, 6) is 0.337. The Balaban J connectivity index is 1.67. The molecule has 0 bridgehead atoms. The van der Waals surface area contributed by atoms with Gasteiger partial charge in [-0.15, -0.1) is 0 Å². The molecule has 1 aromatic carbocycles. The first kappa shape index (κ1) is 17.0. The van der Waals surface area contributed by atoms with Crippen molar-refractivity contribution in [2.75, 3.05) is 13.7 Å². The highest BCUT2D eigenvalue weighted by Crippen LogP contribution is 2.20. The number of hydrogen-bond acceptors (Lipinski definition) is 5. The second kappa shape index (κ2) is 6.93. The Hall–Kier alpha value is -2.89. The summed E-state index contributed by atoms with van der Waals surface area (Å²) in [6.45, 7) is 4.27. The smallest absolute Gasteiger partial charge is 0.356 e. The lowest BCUT2D eigenvalue weighted by Crippen LogP contribution is -2.10. The molecule has 0 atom stereocenters. The van der Waals surface area contributed by atoms with E-state index in [4.69, 9.17) is 9.47 Å². The number of hydrogen-bond donors (Lipinski definition) is 0. The monoisotopic (exact) mass is 339 g/mol. The van der Waals surface area contributed by atoms with E-state index in [1.807, 2.05) is 49.8 Å². The van der Waals surface area contributed by atoms with Crippen molar-refractivity contribution < 1.29 is 14.3 Å². The topological polar surface area (TPSA) is 66.2 Å². The van der Waals surface area contributed by atoms with E-state index >= 15 is 0 Å². The molecule has 3 rings (SSSR count). The standard InChI is InChI=1S/C19H21N3O3/c1-12-16(13(2)22(3)21-12)9-10-25-19(23)18-7-5-14-11-15(24-4)6-8-17(14)20-18/h5-8,11H,9-10H2,1-4H3. The molecule has 2 aromatic heterocycles. The van der Waals surface area contributed by atoms with Gasteiger partial charge in [-0.25, -0.2) is 9.78 Å². The predicted octanol–water partition coefficient (Wildman–Crippen LogP) is 2.99. The van der Waals surface area contributed by atoms with E-state index in [-0.39, 0.29) is 0 Å². The van der Waals surface area contributed by atoms with E-state index in [9.17, 15) is 4.79 Å². The molecule has 6 heteroatoms. The number of methoxy groups -OCH3 is 1. The number of esters is 1. The Morgan fingerprint density at radius 2 is 2.00 bits per heavy atom. The fourth-order valence-electron chi connectivity index (χ4n) is 2.84. The lowest BCUT2D eigenvalue weighted by atomic mass is 10.1. The summed E-state index contributed by atoms with van der Waals surface area (Å²) in [5.41, 5.74) is 4.21. The van der Waals surface area contributed by atoms with Gasteiger partial charge in [-0.3, -0.25) is 4.68 Å². The maximum Gasteiger partial charge on any atom is 0.356 e. The minimum Gasteiger partial charge on any atom is -0.497 e. The molecule has 0 radical (unpaired) electrons. The molecule has 0 unspecified atom stereocenters. The van der Waals surface area contributed by atoms with Crippen LogP contribution < -0.4 is 4.74 Å². The van der Waals surface area contributed by atoms with Crippen LogP contribution in [-0.2, 0) is 18.2 Å². The number of carbonyl (C=O) groups is 1. The Morgan fingerprint density at radius 3 is 2.68 bits per heavy atom. The molecule has 0 spiro atoms. The second-order valence-electron chi connectivity index (χ2n) is 5.91. The molecule has 25 heavy (non-hydrogen) atoms. The molecule has 130 valence electrons. The van der Waals surface area contributed by atoms with Gasteiger partial charge in [0, 0.05) is 24.5 Å². The highest BCUT2D eigenvalue weighted by molar-refractivity contribution is 5.91. The van der Waals surface area contributed by atoms with Crippen molar-refractivity contribution in [1.29, 1.82) is 0 Å². The quantitative estimate of drug-likeness (QED) is 0.669. The molecule has 0 amide bonds. The van der Waals surface area contributed by atoms with E-state index in [1.165, 1.54) is 0 Å². The summed E-state index contributed by atoms with van der Waals surface area (Å²) in [6, 6.07) is 9.04. The van der Waals surface area contributed by atoms with Crippen LogP contribution in [0, 0.1) is 13.8 Å². The van der Waals surface area contributed by atoms with E-state index in [0.717, 1.165) is 33.6 Å². The second-order valence-corrected chi connectivity index (χ2v) is 5.91. The Morgan fingerprint density at radius 1 is 1.20 bits per heavy atom. The van der Waals surface area contributed by atoms with Gasteiger partial charge in [0.05, 0.1) is 24.9 Å². The van der Waals surface area contributed by atoms with E-state index in [2.05, 4.69) is 10.1 Å². The summed E-state index contributed by atoms with van der Waals surface area (Å²) >= 11 is 0. The van der Waals surface area contributed by atoms with Gasteiger partial charge in [-0.2, -0.15) is 5.10 Å². The van der Waals surface area contributed by atoms with Crippen LogP contribution >= 0.6 is 0 Å². The van der Waals surface area contributed by atoms with Crippen LogP contribution in [0.4, 0.5) is 0 Å². The molecule has 0 N–H and O–H groups in total. The molecule has 0 saturated carbocycles. The van der Waals surface area contributed by atoms with Gasteiger partial charge < -0.3 is 9.47 Å². The van der Waals surface area contributed by atoms with Crippen LogP contribution in [0.1, 0.15) is 27.4 Å². The van der Waals surface area contributed by atoms with Gasteiger partial charge >= 0.3 is 5.97 Å². The van der Waals surface area contributed by atoms with Gasteiger partial charge in [-0.1, -0.05) is 6.07 Å². The minimum absolute atomic E-state index is 0.300. The van der Waals surface area contributed by atoms with E-state index in [0.29, 0.717) is 18.7 Å². The number of aromatic nitrogens is 3. The number of benzene rings is 1. The van der Waals surface area contributed by atoms with Crippen molar-refractivity contribution >= 4 is 16.9 Å². The zero-order valence-corrected chi connectivity index (χ0v) is 14.9. The summed E-state index contributed by atoms with van der Waals surface area (Å²) in [6.07, 6.45) is 0.641. The number of nitrogens with zero attached hydrogens (tertiary/aromatic N) is 3. The first-order chi connectivity index (χ1) is 12.0. The Labute approximate surface area is 146 Å². The molecular weight excluding hydrogens is 318 g/mol. The molecular formula is C19H21N3O3. The number of aryl methyl sites for hydroxylation is 2. The molecule has 2 heterocycles. The average Bonchev–Trinajstić information content (AvgIpc) is 2.86. The van der Waals surface area contributed by atoms with Crippen LogP contribution in [0.25, 0.3) is 10.9 Å². The SMILES string of the molecule is COc1ccc2nc(C(=O)OCCc3c(C)nn(C)c3C)ccc2c1. The molecule has 6 nitrogen and oxygen atoms in total. The number of ether oxygens (including phenoxy) is 2. The van der Waals surface area contributed by atoms with Crippen LogP contribution in [0.15, 0.2) is 30.3 Å². The predicted molar refractivity (Wildman–Crippen MR) is 95.0 cm³/mol. The van der Waals surface area contributed by atoms with Crippen LogP contribution in [0.3, 0.4) is 0 Å². The van der Waals surface area contributed by atoms with Gasteiger partial charge in [0.25, 0.3) is 0 Å². The van der Waals surface area contributed by atoms with Gasteiger partial charge in [0.1, 0.15) is 11.4 Å². The first-order valence-corrected chi connectivity index (χ1v) is 8.10. The summed E-state index contributed by atoms with van der Waals surface area (Å²) in [5, 5.41) is 5.28. The lowest BCUT2D eigenvalue weighted by molar-refractivity contribution is 0.0502. The molecule has 0 fully saturated rings. The number of rotatable bonds is 5. The molecule has 0 aliphatic carbocycles. The van der Waals surface area contributed by atoms with Crippen molar-refractivity contribution in [3.05, 3.63) is 53.0 Å². The maximum absolute atomic E-state index is 12.2. The summed E-state index contributed by atoms with van der Waals surface area (Å²) in [7, 11) is 3.53. The number of fused-ring (bicyclic) bond motifs is 1. The maximum atomic E-state index is 12.2. The Kier molecular flexibility index (Phi) is 4.70. The zero-order valence-electron chi connectivity index (χ0n) is 14.9. The lowest BCUT2D eigenvalue weighted by Gasteiger charge is -2.07. The minimum atomic E-state index is -0.420.